The van der Waals surface area contributed by atoms with Crippen LogP contribution >= 0.6 is 23.5 Å². The number of likely N-dealkylation sites (N-methyl/N-ethyl adjacent to an activating group) is 1. The van der Waals surface area contributed by atoms with E-state index in [1.165, 1.54) is 31.0 Å². The highest BCUT2D eigenvalue weighted by Crippen LogP contribution is 2.31. The van der Waals surface area contributed by atoms with Gasteiger partial charge in [0, 0.05) is 18.9 Å². The molecule has 2 N–H and O–H groups in total. The molecule has 170 valence electrons. The molecule has 30 heavy (non-hydrogen) atoms. The maximum Gasteiger partial charge on any atom is 0.327 e. The number of carbonyl (C=O) groups is 1. The van der Waals surface area contributed by atoms with Gasteiger partial charge in [0.1, 0.15) is 18.3 Å². The fourth-order valence-electron chi connectivity index (χ4n) is 3.46. The number of nitrogens with zero attached hydrogens (tertiary/aromatic N) is 3. The topological polar surface area (TPSA) is 87.3 Å². The molecule has 0 saturated heterocycles. The second kappa shape index (κ2) is 12.6. The molecule has 0 radical (unpaired) electrons. The number of esters is 1. The Balaban J connectivity index is 1.96. The molecule has 0 bridgehead atoms. The van der Waals surface area contributed by atoms with E-state index in [0.717, 1.165) is 36.4 Å². The summed E-state index contributed by atoms with van der Waals surface area (Å²) >= 11 is 2.86. The van der Waals surface area contributed by atoms with E-state index in [-0.39, 0.29) is 12.2 Å². The van der Waals surface area contributed by atoms with Crippen LogP contribution in [0, 0.1) is 0 Å². The fraction of sp³-hybridized carbons (Fsp3) is 0.762. The summed E-state index contributed by atoms with van der Waals surface area (Å²) in [5.74, 6) is 1.15. The van der Waals surface area contributed by atoms with Crippen molar-refractivity contribution in [1.82, 2.24) is 8.75 Å². The summed E-state index contributed by atoms with van der Waals surface area (Å²) in [7, 11) is 2.11. The van der Waals surface area contributed by atoms with E-state index < -0.39 is 6.04 Å². The Bertz CT molecular complexity index is 698. The monoisotopic (exact) mass is 457 g/mol. The highest BCUT2D eigenvalue weighted by atomic mass is 32.2. The molecular weight excluding hydrogens is 420 g/mol. The van der Waals surface area contributed by atoms with Crippen LogP contribution in [0.25, 0.3) is 5.57 Å². The number of thioether (sulfide) groups is 1. The van der Waals surface area contributed by atoms with E-state index in [1.807, 2.05) is 13.2 Å². The van der Waals surface area contributed by atoms with Gasteiger partial charge in [-0.05, 0) is 24.9 Å². The first kappa shape index (κ1) is 25.1. The molecule has 1 aliphatic rings. The van der Waals surface area contributed by atoms with Crippen molar-refractivity contribution in [3.8, 4) is 5.88 Å². The van der Waals surface area contributed by atoms with Crippen molar-refractivity contribution in [2.45, 2.75) is 64.6 Å². The standard InChI is InChI=1S/C21H37N4O3S2/c1-5-6-7-8-13-27-20-19(23-30-24-20)17-10-9-12-25(3,15-17)16(2)28-21(26)18(22)11-14-29-4/h10,16,18H,5-9,11-15,22H2,1-4H3/q+1/t16-,18+,25?/m1/s1. The van der Waals surface area contributed by atoms with Gasteiger partial charge in [-0.1, -0.05) is 32.3 Å². The van der Waals surface area contributed by atoms with E-state index in [1.54, 1.807) is 11.8 Å². The van der Waals surface area contributed by atoms with Crippen molar-refractivity contribution >= 4 is 35.0 Å². The van der Waals surface area contributed by atoms with Gasteiger partial charge < -0.3 is 15.2 Å². The maximum atomic E-state index is 12.4. The molecule has 0 amide bonds. The lowest BCUT2D eigenvalue weighted by atomic mass is 10.0. The molecule has 0 fully saturated rings. The molecule has 7 nitrogen and oxygen atoms in total. The lowest BCUT2D eigenvalue weighted by Crippen LogP contribution is -2.56. The smallest absolute Gasteiger partial charge is 0.327 e. The molecule has 1 aromatic rings. The van der Waals surface area contributed by atoms with Crippen molar-refractivity contribution in [2.75, 3.05) is 38.8 Å². The second-order valence-corrected chi connectivity index (χ2v) is 9.64. The molecule has 9 heteroatoms. The largest absolute Gasteiger partial charge is 0.475 e. The molecule has 1 aliphatic heterocycles. The van der Waals surface area contributed by atoms with Crippen molar-refractivity contribution < 1.29 is 18.8 Å². The van der Waals surface area contributed by atoms with Crippen LogP contribution in [0.1, 0.15) is 58.1 Å². The Kier molecular flexibility index (Phi) is 10.6. The quantitative estimate of drug-likeness (QED) is 0.274. The average Bonchev–Trinajstić information content (AvgIpc) is 3.20. The highest BCUT2D eigenvalue weighted by molar-refractivity contribution is 7.98. The second-order valence-electron chi connectivity index (χ2n) is 8.13. The zero-order valence-corrected chi connectivity index (χ0v) is 20.4. The number of hydrogen-bond acceptors (Lipinski definition) is 8. The predicted molar refractivity (Wildman–Crippen MR) is 125 cm³/mol. The van der Waals surface area contributed by atoms with E-state index in [0.29, 0.717) is 29.9 Å². The summed E-state index contributed by atoms with van der Waals surface area (Å²) in [6.07, 6.45) is 10.1. The minimum Gasteiger partial charge on any atom is -0.475 e. The molecule has 0 aromatic carbocycles. The van der Waals surface area contributed by atoms with Gasteiger partial charge in [-0.15, -0.1) is 4.37 Å². The van der Waals surface area contributed by atoms with Crippen LogP contribution in [-0.4, -0.2) is 70.2 Å². The zero-order chi connectivity index (χ0) is 22.0. The lowest BCUT2D eigenvalue weighted by Gasteiger charge is -2.41. The van der Waals surface area contributed by atoms with E-state index in [9.17, 15) is 4.79 Å². The van der Waals surface area contributed by atoms with E-state index in [4.69, 9.17) is 15.2 Å². The Morgan fingerprint density at radius 1 is 1.37 bits per heavy atom. The van der Waals surface area contributed by atoms with Crippen LogP contribution in [0.2, 0.25) is 0 Å². The van der Waals surface area contributed by atoms with Gasteiger partial charge in [-0.2, -0.15) is 16.1 Å². The molecule has 1 aromatic heterocycles. The summed E-state index contributed by atoms with van der Waals surface area (Å²) in [6.45, 7) is 6.42. The number of aromatic nitrogens is 2. The van der Waals surface area contributed by atoms with Crippen LogP contribution in [0.4, 0.5) is 0 Å². The maximum absolute atomic E-state index is 12.4. The zero-order valence-electron chi connectivity index (χ0n) is 18.8. The minimum atomic E-state index is -0.568. The number of carbonyl (C=O) groups excluding carboxylic acids is 1. The number of ether oxygens (including phenoxy) is 2. The average molecular weight is 458 g/mol. The molecular formula is C21H37N4O3S2+. The summed E-state index contributed by atoms with van der Waals surface area (Å²) in [5.41, 5.74) is 7.92. The van der Waals surface area contributed by atoms with Gasteiger partial charge >= 0.3 is 5.97 Å². The third-order valence-electron chi connectivity index (χ3n) is 5.66. The molecule has 2 heterocycles. The lowest BCUT2D eigenvalue weighted by molar-refractivity contribution is -0.944. The number of quaternary nitrogens is 1. The number of rotatable bonds is 13. The normalized spacial score (nSPS) is 21.0. The van der Waals surface area contributed by atoms with Gasteiger partial charge in [0.15, 0.2) is 0 Å². The Morgan fingerprint density at radius 2 is 2.17 bits per heavy atom. The summed E-state index contributed by atoms with van der Waals surface area (Å²) in [5, 5.41) is 0. The van der Waals surface area contributed by atoms with Gasteiger partial charge in [0.2, 0.25) is 6.23 Å². The van der Waals surface area contributed by atoms with Crippen molar-refractivity contribution in [3.63, 3.8) is 0 Å². The molecule has 0 aliphatic carbocycles. The molecule has 1 unspecified atom stereocenters. The van der Waals surface area contributed by atoms with Crippen molar-refractivity contribution in [2.24, 2.45) is 5.73 Å². The van der Waals surface area contributed by atoms with Crippen LogP contribution < -0.4 is 10.5 Å². The van der Waals surface area contributed by atoms with E-state index >= 15 is 0 Å². The Morgan fingerprint density at radius 3 is 2.90 bits per heavy atom. The molecule has 0 spiro atoms. The van der Waals surface area contributed by atoms with Crippen LogP contribution in [0.15, 0.2) is 6.08 Å². The van der Waals surface area contributed by atoms with Gasteiger partial charge in [0.05, 0.1) is 31.9 Å². The first-order valence-electron chi connectivity index (χ1n) is 10.8. The van der Waals surface area contributed by atoms with Crippen LogP contribution in [0.3, 0.4) is 0 Å². The highest BCUT2D eigenvalue weighted by Gasteiger charge is 2.37. The number of unbranched alkanes of at least 4 members (excludes halogenated alkanes) is 3. The van der Waals surface area contributed by atoms with E-state index in [2.05, 4.69) is 28.8 Å². The summed E-state index contributed by atoms with van der Waals surface area (Å²) in [4.78, 5) is 12.4. The molecule has 0 saturated carbocycles. The Labute approximate surface area is 189 Å². The van der Waals surface area contributed by atoms with Crippen LogP contribution in [0.5, 0.6) is 5.88 Å². The van der Waals surface area contributed by atoms with Crippen molar-refractivity contribution in [1.29, 1.82) is 0 Å². The number of nitrogens with two attached hydrogens (primary N) is 1. The first-order chi connectivity index (χ1) is 14.4. The van der Waals surface area contributed by atoms with Gasteiger partial charge in [-0.3, -0.25) is 9.28 Å². The first-order valence-corrected chi connectivity index (χ1v) is 13.0. The Hall–Kier alpha value is -1.16. The van der Waals surface area contributed by atoms with Crippen LogP contribution in [-0.2, 0) is 9.53 Å². The molecule has 3 atom stereocenters. The summed E-state index contributed by atoms with van der Waals surface area (Å²) < 4.78 is 21.1. The molecule has 2 rings (SSSR count). The predicted octanol–water partition coefficient (Wildman–Crippen LogP) is 3.70. The third kappa shape index (κ3) is 7.21. The SMILES string of the molecule is CCCCCCOc1nsnc1C1=CCC[N+](C)([C@@H](C)OC(=O)[C@@H](N)CCSC)C1. The van der Waals surface area contributed by atoms with Gasteiger partial charge in [0.25, 0.3) is 5.88 Å². The third-order valence-corrected chi connectivity index (χ3v) is 6.82. The summed E-state index contributed by atoms with van der Waals surface area (Å²) in [6, 6.07) is -0.568. The van der Waals surface area contributed by atoms with Gasteiger partial charge in [-0.25, -0.2) is 0 Å². The fourth-order valence-corrected chi connectivity index (χ4v) is 4.48. The van der Waals surface area contributed by atoms with Crippen molar-refractivity contribution in [3.05, 3.63) is 11.8 Å². The number of hydrogen-bond donors (Lipinski definition) is 1. The minimum absolute atomic E-state index is 0.286.